The van der Waals surface area contributed by atoms with Crippen LogP contribution in [0.1, 0.15) is 55.1 Å². The van der Waals surface area contributed by atoms with Crippen LogP contribution in [0.3, 0.4) is 0 Å². The largest absolute Gasteiger partial charge is 0.244 e. The molecule has 2 atom stereocenters. The molecule has 0 unspecified atom stereocenters. The molecule has 150 valence electrons. The van der Waals surface area contributed by atoms with E-state index in [0.717, 1.165) is 34.1 Å². The van der Waals surface area contributed by atoms with Crippen molar-refractivity contribution in [2.75, 3.05) is 0 Å². The SMILES string of the molecule is CC1(C)[C@H]2CC[C@]1(c1cc(C#N)ncc1Br)c1nnc(-c3c(F)cccc3F)cc12. The van der Waals surface area contributed by atoms with Gasteiger partial charge >= 0.3 is 0 Å². The summed E-state index contributed by atoms with van der Waals surface area (Å²) in [7, 11) is 0. The molecule has 2 heterocycles. The van der Waals surface area contributed by atoms with Crippen LogP contribution in [-0.4, -0.2) is 15.2 Å². The van der Waals surface area contributed by atoms with Crippen molar-refractivity contribution in [1.29, 1.82) is 5.26 Å². The molecular formula is C23H17BrF2N4. The van der Waals surface area contributed by atoms with Crippen LogP contribution in [0.2, 0.25) is 0 Å². The van der Waals surface area contributed by atoms with Crippen molar-refractivity contribution in [2.45, 2.75) is 38.0 Å². The Bertz CT molecular complexity index is 1230. The molecule has 3 aromatic rings. The fourth-order valence-corrected chi connectivity index (χ4v) is 6.17. The number of benzene rings is 1. The molecule has 30 heavy (non-hydrogen) atoms. The van der Waals surface area contributed by atoms with Gasteiger partial charge in [0, 0.05) is 16.1 Å². The Kier molecular flexibility index (Phi) is 4.10. The van der Waals surface area contributed by atoms with Gasteiger partial charge < -0.3 is 0 Å². The lowest BCUT2D eigenvalue weighted by molar-refractivity contribution is 0.247. The van der Waals surface area contributed by atoms with Gasteiger partial charge in [-0.3, -0.25) is 0 Å². The molecule has 4 nitrogen and oxygen atoms in total. The molecule has 0 spiro atoms. The molecule has 0 radical (unpaired) electrons. The maximum atomic E-state index is 14.4. The predicted molar refractivity (Wildman–Crippen MR) is 111 cm³/mol. The van der Waals surface area contributed by atoms with Crippen LogP contribution in [0.15, 0.2) is 41.0 Å². The number of hydrogen-bond donors (Lipinski definition) is 0. The van der Waals surface area contributed by atoms with E-state index in [1.54, 1.807) is 12.3 Å². The third-order valence-electron chi connectivity index (χ3n) is 7.03. The second kappa shape index (κ2) is 6.39. The van der Waals surface area contributed by atoms with Crippen molar-refractivity contribution in [3.8, 4) is 17.3 Å². The number of rotatable bonds is 2. The fourth-order valence-electron chi connectivity index (χ4n) is 5.61. The van der Waals surface area contributed by atoms with Crippen LogP contribution >= 0.6 is 15.9 Å². The third kappa shape index (κ3) is 2.31. The maximum absolute atomic E-state index is 14.4. The summed E-state index contributed by atoms with van der Waals surface area (Å²) < 4.78 is 29.5. The van der Waals surface area contributed by atoms with E-state index >= 15 is 0 Å². The summed E-state index contributed by atoms with van der Waals surface area (Å²) >= 11 is 3.62. The summed E-state index contributed by atoms with van der Waals surface area (Å²) in [4.78, 5) is 4.16. The van der Waals surface area contributed by atoms with E-state index in [1.165, 1.54) is 18.2 Å². The van der Waals surface area contributed by atoms with E-state index in [2.05, 4.69) is 51.0 Å². The lowest BCUT2D eigenvalue weighted by Crippen LogP contribution is -2.37. The quantitative estimate of drug-likeness (QED) is 0.489. The van der Waals surface area contributed by atoms with Crippen molar-refractivity contribution in [1.82, 2.24) is 15.2 Å². The molecule has 1 fully saturated rings. The molecule has 2 aliphatic rings. The topological polar surface area (TPSA) is 62.5 Å². The number of fused-ring (bicyclic) bond motifs is 5. The number of halogens is 3. The fraction of sp³-hybridized carbons (Fsp3) is 0.304. The highest BCUT2D eigenvalue weighted by atomic mass is 79.9. The van der Waals surface area contributed by atoms with Gasteiger partial charge in [0.05, 0.1) is 17.0 Å². The van der Waals surface area contributed by atoms with Gasteiger partial charge in [0.1, 0.15) is 23.4 Å². The van der Waals surface area contributed by atoms with E-state index in [0.29, 0.717) is 5.69 Å². The van der Waals surface area contributed by atoms with Crippen LogP contribution in [-0.2, 0) is 5.41 Å². The minimum Gasteiger partial charge on any atom is -0.244 e. The molecule has 1 aromatic carbocycles. The smallest absolute Gasteiger partial charge is 0.140 e. The molecule has 2 aliphatic carbocycles. The molecule has 2 aromatic heterocycles. The molecule has 7 heteroatoms. The number of nitriles is 1. The lowest BCUT2D eigenvalue weighted by Gasteiger charge is -2.39. The zero-order valence-electron chi connectivity index (χ0n) is 16.4. The summed E-state index contributed by atoms with van der Waals surface area (Å²) in [5.74, 6) is -1.14. The van der Waals surface area contributed by atoms with Gasteiger partial charge in [-0.15, -0.1) is 5.10 Å². The highest BCUT2D eigenvalue weighted by Crippen LogP contribution is 2.70. The van der Waals surface area contributed by atoms with Crippen molar-refractivity contribution >= 4 is 15.9 Å². The van der Waals surface area contributed by atoms with Gasteiger partial charge in [-0.1, -0.05) is 19.9 Å². The van der Waals surface area contributed by atoms with Crippen molar-refractivity contribution < 1.29 is 8.78 Å². The van der Waals surface area contributed by atoms with E-state index in [9.17, 15) is 14.0 Å². The molecule has 0 saturated heterocycles. The zero-order valence-corrected chi connectivity index (χ0v) is 18.0. The van der Waals surface area contributed by atoms with E-state index < -0.39 is 17.0 Å². The maximum Gasteiger partial charge on any atom is 0.140 e. The van der Waals surface area contributed by atoms with Gasteiger partial charge in [-0.05, 0) is 75.5 Å². The lowest BCUT2D eigenvalue weighted by atomic mass is 9.64. The summed E-state index contributed by atoms with van der Waals surface area (Å²) in [6.45, 7) is 4.38. The highest BCUT2D eigenvalue weighted by molar-refractivity contribution is 9.10. The minimum absolute atomic E-state index is 0.153. The zero-order chi connectivity index (χ0) is 21.3. The van der Waals surface area contributed by atoms with Crippen LogP contribution in [0.4, 0.5) is 8.78 Å². The Labute approximate surface area is 181 Å². The van der Waals surface area contributed by atoms with Gasteiger partial charge in [0.15, 0.2) is 0 Å². The van der Waals surface area contributed by atoms with Gasteiger partial charge in [0.25, 0.3) is 0 Å². The number of nitrogens with zero attached hydrogens (tertiary/aromatic N) is 4. The van der Waals surface area contributed by atoms with Crippen LogP contribution in [0, 0.1) is 28.4 Å². The molecule has 0 aliphatic heterocycles. The average molecular weight is 467 g/mol. The highest BCUT2D eigenvalue weighted by Gasteiger charge is 2.64. The van der Waals surface area contributed by atoms with E-state index in [1.807, 2.05) is 6.07 Å². The minimum atomic E-state index is -0.656. The first kappa shape index (κ1) is 19.3. The number of pyridine rings is 1. The van der Waals surface area contributed by atoms with Gasteiger partial charge in [0.2, 0.25) is 0 Å². The molecule has 2 bridgehead atoms. The van der Waals surface area contributed by atoms with Crippen LogP contribution in [0.5, 0.6) is 0 Å². The summed E-state index contributed by atoms with van der Waals surface area (Å²) in [5, 5.41) is 18.2. The first-order valence-corrected chi connectivity index (χ1v) is 10.5. The summed E-state index contributed by atoms with van der Waals surface area (Å²) in [5.41, 5.74) is 2.47. The Morgan fingerprint density at radius 3 is 2.60 bits per heavy atom. The van der Waals surface area contributed by atoms with Crippen molar-refractivity contribution in [3.63, 3.8) is 0 Å². The second-order valence-electron chi connectivity index (χ2n) is 8.51. The first-order valence-electron chi connectivity index (χ1n) is 9.70. The summed E-state index contributed by atoms with van der Waals surface area (Å²) in [6, 6.07) is 9.51. The molecule has 5 rings (SSSR count). The van der Waals surface area contributed by atoms with Crippen molar-refractivity contribution in [3.05, 3.63) is 75.2 Å². The Balaban J connectivity index is 1.76. The Morgan fingerprint density at radius 2 is 1.90 bits per heavy atom. The van der Waals surface area contributed by atoms with Gasteiger partial charge in [-0.25, -0.2) is 13.8 Å². The Morgan fingerprint density at radius 1 is 1.17 bits per heavy atom. The normalized spacial score (nSPS) is 23.3. The molecular weight excluding hydrogens is 450 g/mol. The first-order chi connectivity index (χ1) is 14.3. The Hall–Kier alpha value is -2.72. The van der Waals surface area contributed by atoms with Crippen LogP contribution in [0.25, 0.3) is 11.3 Å². The van der Waals surface area contributed by atoms with E-state index in [4.69, 9.17) is 0 Å². The van der Waals surface area contributed by atoms with Crippen molar-refractivity contribution in [2.24, 2.45) is 5.41 Å². The van der Waals surface area contributed by atoms with Crippen LogP contribution < -0.4 is 0 Å². The monoisotopic (exact) mass is 466 g/mol. The van der Waals surface area contributed by atoms with Gasteiger partial charge in [-0.2, -0.15) is 10.4 Å². The number of hydrogen-bond acceptors (Lipinski definition) is 4. The van der Waals surface area contributed by atoms with E-state index in [-0.39, 0.29) is 22.6 Å². The molecule has 1 saturated carbocycles. The predicted octanol–water partition coefficient (Wildman–Crippen LogP) is 5.65. The second-order valence-corrected chi connectivity index (χ2v) is 9.36. The average Bonchev–Trinajstić information content (AvgIpc) is 3.09. The summed E-state index contributed by atoms with van der Waals surface area (Å²) in [6.07, 6.45) is 3.43. The molecule has 0 amide bonds. The third-order valence-corrected chi connectivity index (χ3v) is 7.66. The molecule has 0 N–H and O–H groups in total. The standard InChI is InChI=1S/C23H17BrF2N4/c1-22(2)14-6-7-23(22,15-8-12(10-27)28-11-16(15)24)21-13(14)9-19(29-30-21)20-17(25)4-3-5-18(20)26/h3-5,8-9,11,14H,6-7H2,1-2H3/t14-,23-/m0/s1. The number of aromatic nitrogens is 3.